The van der Waals surface area contributed by atoms with Gasteiger partial charge < -0.3 is 18.7 Å². The van der Waals surface area contributed by atoms with Gasteiger partial charge in [-0.15, -0.1) is 0 Å². The van der Waals surface area contributed by atoms with E-state index in [9.17, 15) is 9.59 Å². The highest BCUT2D eigenvalue weighted by molar-refractivity contribution is 6.14. The van der Waals surface area contributed by atoms with Gasteiger partial charge >= 0.3 is 5.97 Å². The van der Waals surface area contributed by atoms with Gasteiger partial charge in [-0.1, -0.05) is 24.3 Å². The maximum absolute atomic E-state index is 12.6. The third-order valence-corrected chi connectivity index (χ3v) is 4.67. The van der Waals surface area contributed by atoms with Crippen LogP contribution in [-0.2, 0) is 11.2 Å². The van der Waals surface area contributed by atoms with Crippen LogP contribution in [0.25, 0.3) is 6.08 Å². The first-order chi connectivity index (χ1) is 14.5. The minimum absolute atomic E-state index is 0.105. The molecular formula is C23H19NO6. The second-order valence-electron chi connectivity index (χ2n) is 6.76. The summed E-state index contributed by atoms with van der Waals surface area (Å²) in [5.41, 5.74) is 2.38. The molecule has 0 fully saturated rings. The molecule has 1 aliphatic rings. The highest BCUT2D eigenvalue weighted by atomic mass is 16.5. The number of methoxy groups -OCH3 is 1. The lowest BCUT2D eigenvalue weighted by Crippen LogP contribution is -2.08. The fourth-order valence-corrected chi connectivity index (χ4v) is 3.04. The summed E-state index contributed by atoms with van der Waals surface area (Å²) in [4.78, 5) is 24.7. The molecule has 0 spiro atoms. The third-order valence-electron chi connectivity index (χ3n) is 4.67. The smallest absolute Gasteiger partial charge is 0.311 e. The summed E-state index contributed by atoms with van der Waals surface area (Å²) in [6, 6.07) is 14.0. The van der Waals surface area contributed by atoms with Crippen LogP contribution in [0, 0.1) is 6.92 Å². The first-order valence-electron chi connectivity index (χ1n) is 9.37. The van der Waals surface area contributed by atoms with Crippen LogP contribution in [0.3, 0.4) is 0 Å². The van der Waals surface area contributed by atoms with E-state index >= 15 is 0 Å². The van der Waals surface area contributed by atoms with Crippen molar-refractivity contribution in [1.29, 1.82) is 0 Å². The number of ketones is 1. The molecule has 4 rings (SSSR count). The van der Waals surface area contributed by atoms with E-state index < -0.39 is 5.97 Å². The summed E-state index contributed by atoms with van der Waals surface area (Å²) in [6.45, 7) is 1.96. The quantitative estimate of drug-likeness (QED) is 0.346. The van der Waals surface area contributed by atoms with Crippen LogP contribution in [0.4, 0.5) is 0 Å². The van der Waals surface area contributed by atoms with Gasteiger partial charge in [0.05, 0.1) is 19.1 Å². The van der Waals surface area contributed by atoms with Crippen LogP contribution in [-0.4, -0.2) is 24.0 Å². The van der Waals surface area contributed by atoms with Crippen molar-refractivity contribution in [3.8, 4) is 17.4 Å². The number of allylic oxidation sites excluding steroid dienone is 1. The average molecular weight is 405 g/mol. The number of ether oxygens (including phenoxy) is 3. The van der Waals surface area contributed by atoms with Crippen molar-refractivity contribution in [2.75, 3.05) is 7.11 Å². The number of fused-ring (bicyclic) bond motifs is 1. The predicted molar refractivity (Wildman–Crippen MR) is 108 cm³/mol. The third kappa shape index (κ3) is 4.10. The second-order valence-corrected chi connectivity index (χ2v) is 6.76. The highest BCUT2D eigenvalue weighted by Crippen LogP contribution is 2.35. The van der Waals surface area contributed by atoms with Crippen LogP contribution in [0.15, 0.2) is 58.8 Å². The average Bonchev–Trinajstić information content (AvgIpc) is 3.32. The maximum Gasteiger partial charge on any atom is 0.311 e. The molecule has 0 unspecified atom stereocenters. The first kappa shape index (κ1) is 19.4. The molecule has 7 nitrogen and oxygen atoms in total. The molecule has 30 heavy (non-hydrogen) atoms. The number of aromatic nitrogens is 1. The summed E-state index contributed by atoms with van der Waals surface area (Å²) in [5, 5.41) is 3.68. The Morgan fingerprint density at radius 2 is 2.00 bits per heavy atom. The number of carbonyl (C=O) groups excluding carboxylic acids is 2. The zero-order valence-electron chi connectivity index (χ0n) is 16.5. The molecule has 1 aliphatic heterocycles. The molecule has 0 aliphatic carbocycles. The van der Waals surface area contributed by atoms with Crippen LogP contribution in [0.1, 0.15) is 33.7 Å². The molecule has 0 bridgehead atoms. The Hall–Kier alpha value is -3.87. The Bertz CT molecular complexity index is 1140. The van der Waals surface area contributed by atoms with Gasteiger partial charge in [0.15, 0.2) is 5.76 Å². The van der Waals surface area contributed by atoms with Gasteiger partial charge in [0.25, 0.3) is 5.88 Å². The predicted octanol–water partition coefficient (Wildman–Crippen LogP) is 4.15. The maximum atomic E-state index is 12.6. The fraction of sp³-hybridized carbons (Fsp3) is 0.174. The summed E-state index contributed by atoms with van der Waals surface area (Å²) >= 11 is 0. The van der Waals surface area contributed by atoms with Gasteiger partial charge in [-0.2, -0.15) is 0 Å². The minimum atomic E-state index is -0.440. The zero-order chi connectivity index (χ0) is 21.1. The zero-order valence-corrected chi connectivity index (χ0v) is 16.5. The lowest BCUT2D eigenvalue weighted by molar-refractivity contribution is -0.134. The molecule has 0 N–H and O–H groups in total. The van der Waals surface area contributed by atoms with Crippen molar-refractivity contribution in [2.45, 2.75) is 19.8 Å². The number of aryl methyl sites for hydroxylation is 2. The lowest BCUT2D eigenvalue weighted by atomic mass is 10.1. The van der Waals surface area contributed by atoms with Crippen molar-refractivity contribution in [1.82, 2.24) is 5.16 Å². The number of Topliss-reactive ketones (excluding diaryl/α,β-unsaturated/α-hetero) is 1. The number of benzene rings is 2. The Labute approximate surface area is 172 Å². The van der Waals surface area contributed by atoms with Gasteiger partial charge in [-0.25, -0.2) is 0 Å². The summed E-state index contributed by atoms with van der Waals surface area (Å²) < 4.78 is 21.1. The molecule has 0 radical (unpaired) electrons. The number of esters is 1. The van der Waals surface area contributed by atoms with Gasteiger partial charge in [0, 0.05) is 18.6 Å². The largest absolute Gasteiger partial charge is 0.479 e. The molecule has 7 heteroatoms. The summed E-state index contributed by atoms with van der Waals surface area (Å²) in [7, 11) is 1.48. The Balaban J connectivity index is 1.42. The van der Waals surface area contributed by atoms with E-state index in [0.29, 0.717) is 35.1 Å². The van der Waals surface area contributed by atoms with Gasteiger partial charge in [-0.3, -0.25) is 9.59 Å². The number of carbonyl (C=O) groups is 2. The van der Waals surface area contributed by atoms with Crippen LogP contribution >= 0.6 is 0 Å². The topological polar surface area (TPSA) is 87.9 Å². The standard InChI is InChI=1S/C23H19NO6/c1-14-5-3-4-6-15(14)11-20-23(26)18-9-7-16(12-19(18)29-20)28-22(25)10-8-17-13-21(27-2)24-30-17/h3-7,9,11-13H,8,10H2,1-2H3/b20-11-. The van der Waals surface area contributed by atoms with E-state index in [2.05, 4.69) is 5.16 Å². The Kier molecular flexibility index (Phi) is 5.34. The minimum Gasteiger partial charge on any atom is -0.479 e. The number of rotatable bonds is 6. The van der Waals surface area contributed by atoms with E-state index in [4.69, 9.17) is 18.7 Å². The van der Waals surface area contributed by atoms with Gasteiger partial charge in [-0.05, 0) is 41.4 Å². The fourth-order valence-electron chi connectivity index (χ4n) is 3.04. The SMILES string of the molecule is COc1cc(CCC(=O)Oc2ccc3c(c2)O/C(=C\c2ccccc2C)C3=O)on1. The van der Waals surface area contributed by atoms with Crippen molar-refractivity contribution in [3.63, 3.8) is 0 Å². The molecule has 2 aromatic carbocycles. The van der Waals surface area contributed by atoms with E-state index in [1.807, 2.05) is 31.2 Å². The highest BCUT2D eigenvalue weighted by Gasteiger charge is 2.28. The van der Waals surface area contributed by atoms with Crippen LogP contribution < -0.4 is 14.2 Å². The molecule has 3 aromatic rings. The van der Waals surface area contributed by atoms with E-state index in [1.54, 1.807) is 30.3 Å². The molecule has 1 aromatic heterocycles. The van der Waals surface area contributed by atoms with E-state index in [0.717, 1.165) is 11.1 Å². The van der Waals surface area contributed by atoms with Crippen molar-refractivity contribution >= 4 is 17.8 Å². The molecule has 152 valence electrons. The first-order valence-corrected chi connectivity index (χ1v) is 9.37. The normalized spacial score (nSPS) is 13.8. The Morgan fingerprint density at radius 3 is 2.77 bits per heavy atom. The molecule has 0 amide bonds. The Morgan fingerprint density at radius 1 is 1.17 bits per heavy atom. The van der Waals surface area contributed by atoms with Gasteiger partial charge in [0.2, 0.25) is 5.78 Å². The van der Waals surface area contributed by atoms with Crippen molar-refractivity contribution in [3.05, 3.63) is 76.7 Å². The van der Waals surface area contributed by atoms with E-state index in [1.165, 1.54) is 7.11 Å². The molecule has 2 heterocycles. The van der Waals surface area contributed by atoms with Crippen LogP contribution in [0.2, 0.25) is 0 Å². The monoisotopic (exact) mass is 405 g/mol. The number of nitrogens with zero attached hydrogens (tertiary/aromatic N) is 1. The summed E-state index contributed by atoms with van der Waals surface area (Å²) in [6.07, 6.45) is 2.15. The molecule has 0 saturated heterocycles. The summed E-state index contributed by atoms with van der Waals surface area (Å²) in [5.74, 6) is 1.15. The molecule has 0 saturated carbocycles. The second kappa shape index (κ2) is 8.24. The van der Waals surface area contributed by atoms with Crippen molar-refractivity contribution in [2.24, 2.45) is 0 Å². The van der Waals surface area contributed by atoms with Crippen molar-refractivity contribution < 1.29 is 28.3 Å². The lowest BCUT2D eigenvalue weighted by Gasteiger charge is -2.05. The molecule has 0 atom stereocenters. The molecular weight excluding hydrogens is 386 g/mol. The van der Waals surface area contributed by atoms with Gasteiger partial charge in [0.1, 0.15) is 17.3 Å². The number of hydrogen-bond acceptors (Lipinski definition) is 7. The van der Waals surface area contributed by atoms with Crippen LogP contribution in [0.5, 0.6) is 17.4 Å². The number of hydrogen-bond donors (Lipinski definition) is 0. The van der Waals surface area contributed by atoms with E-state index in [-0.39, 0.29) is 18.0 Å².